The second-order valence-electron chi connectivity index (χ2n) is 8.32. The summed E-state index contributed by atoms with van der Waals surface area (Å²) in [5, 5.41) is 3.10. The van der Waals surface area contributed by atoms with Crippen LogP contribution in [-0.2, 0) is 11.3 Å². The molecule has 0 aliphatic heterocycles. The molecule has 23 heavy (non-hydrogen) atoms. The highest BCUT2D eigenvalue weighted by atomic mass is 16.2. The van der Waals surface area contributed by atoms with Gasteiger partial charge in [-0.2, -0.15) is 0 Å². The molecule has 0 aromatic carbocycles. The maximum absolute atomic E-state index is 12.9. The summed E-state index contributed by atoms with van der Waals surface area (Å²) in [6.07, 6.45) is 7.20. The number of amides is 1. The van der Waals surface area contributed by atoms with E-state index in [1.54, 1.807) is 0 Å². The fourth-order valence-electron chi connectivity index (χ4n) is 5.85. The summed E-state index contributed by atoms with van der Waals surface area (Å²) < 4.78 is 0. The van der Waals surface area contributed by atoms with Crippen LogP contribution < -0.4 is 10.9 Å². The number of aromatic nitrogens is 1. The van der Waals surface area contributed by atoms with Gasteiger partial charge in [0.2, 0.25) is 5.91 Å². The number of aromatic amines is 1. The molecule has 1 heterocycles. The molecule has 0 saturated heterocycles. The smallest absolute Gasteiger partial charge is 0.253 e. The van der Waals surface area contributed by atoms with Gasteiger partial charge in [0.05, 0.1) is 0 Å². The highest BCUT2D eigenvalue weighted by molar-refractivity contribution is 5.83. The molecule has 1 aromatic heterocycles. The van der Waals surface area contributed by atoms with Crippen LogP contribution in [0.4, 0.5) is 0 Å². The first-order chi connectivity index (χ1) is 10.9. The molecule has 4 aliphatic carbocycles. The summed E-state index contributed by atoms with van der Waals surface area (Å²) in [7, 11) is 0. The number of hydrogen-bond acceptors (Lipinski definition) is 2. The first-order valence-electron chi connectivity index (χ1n) is 8.93. The number of carbonyl (C=O) groups excluding carboxylic acids is 1. The van der Waals surface area contributed by atoms with Gasteiger partial charge in [0.25, 0.3) is 5.56 Å². The first kappa shape index (κ1) is 15.0. The number of pyridine rings is 1. The second kappa shape index (κ2) is 5.22. The third kappa shape index (κ3) is 2.52. The van der Waals surface area contributed by atoms with Crippen molar-refractivity contribution in [2.45, 2.75) is 58.9 Å². The molecule has 4 saturated carbocycles. The van der Waals surface area contributed by atoms with E-state index in [1.807, 2.05) is 19.9 Å². The summed E-state index contributed by atoms with van der Waals surface area (Å²) in [5.41, 5.74) is 2.29. The Morgan fingerprint density at radius 1 is 1.17 bits per heavy atom. The summed E-state index contributed by atoms with van der Waals surface area (Å²) >= 11 is 0. The summed E-state index contributed by atoms with van der Waals surface area (Å²) in [6.45, 7) is 4.17. The molecule has 5 rings (SSSR count). The van der Waals surface area contributed by atoms with Gasteiger partial charge in [0.1, 0.15) is 0 Å². The number of nitrogens with one attached hydrogen (secondary N) is 2. The maximum Gasteiger partial charge on any atom is 0.253 e. The Hall–Kier alpha value is -1.58. The van der Waals surface area contributed by atoms with E-state index in [2.05, 4.69) is 10.3 Å². The zero-order chi connectivity index (χ0) is 16.2. The summed E-state index contributed by atoms with van der Waals surface area (Å²) in [5.74, 6) is 2.47. The molecule has 0 unspecified atom stereocenters. The Kier molecular flexibility index (Phi) is 3.40. The number of aryl methyl sites for hydroxylation is 2. The Bertz CT molecular complexity index is 669. The molecule has 0 atom stereocenters. The van der Waals surface area contributed by atoms with E-state index in [0.29, 0.717) is 12.1 Å². The Balaban J connectivity index is 1.50. The number of rotatable bonds is 3. The number of hydrogen-bond donors (Lipinski definition) is 2. The highest BCUT2D eigenvalue weighted by Crippen LogP contribution is 2.60. The van der Waals surface area contributed by atoms with E-state index in [4.69, 9.17) is 0 Å². The zero-order valence-electron chi connectivity index (χ0n) is 14.1. The highest BCUT2D eigenvalue weighted by Gasteiger charge is 2.54. The van der Waals surface area contributed by atoms with Gasteiger partial charge in [-0.25, -0.2) is 0 Å². The third-order valence-corrected chi connectivity index (χ3v) is 6.44. The topological polar surface area (TPSA) is 62.0 Å². The van der Waals surface area contributed by atoms with Gasteiger partial charge < -0.3 is 10.3 Å². The van der Waals surface area contributed by atoms with E-state index in [0.717, 1.165) is 48.3 Å². The molecule has 2 N–H and O–H groups in total. The molecular formula is C19H26N2O2. The van der Waals surface area contributed by atoms with Crippen LogP contribution >= 0.6 is 0 Å². The molecule has 4 aliphatic rings. The number of H-pyrrole nitrogens is 1. The van der Waals surface area contributed by atoms with Crippen molar-refractivity contribution in [1.29, 1.82) is 0 Å². The van der Waals surface area contributed by atoms with Gasteiger partial charge in [-0.3, -0.25) is 9.59 Å². The van der Waals surface area contributed by atoms with Crippen LogP contribution in [0.5, 0.6) is 0 Å². The zero-order valence-corrected chi connectivity index (χ0v) is 14.1. The average Bonchev–Trinajstić information content (AvgIpc) is 2.44. The summed E-state index contributed by atoms with van der Waals surface area (Å²) in [4.78, 5) is 27.9. The minimum absolute atomic E-state index is 0.0756. The third-order valence-electron chi connectivity index (χ3n) is 6.44. The molecule has 4 fully saturated rings. The van der Waals surface area contributed by atoms with Gasteiger partial charge in [0, 0.05) is 23.2 Å². The van der Waals surface area contributed by atoms with Crippen LogP contribution in [0, 0.1) is 37.0 Å². The fourth-order valence-corrected chi connectivity index (χ4v) is 5.85. The standard InChI is InChI=1S/C19H26N2O2/c1-11-3-12(2)21-17(22)16(11)10-20-18(23)19-7-13-4-14(8-19)6-15(5-13)9-19/h3,13-15H,4-10H2,1-2H3,(H,20,23)(H,21,22). The van der Waals surface area contributed by atoms with Crippen LogP contribution in [0.3, 0.4) is 0 Å². The molecular weight excluding hydrogens is 288 g/mol. The molecule has 124 valence electrons. The Labute approximate surface area is 137 Å². The normalized spacial score (nSPS) is 34.6. The van der Waals surface area contributed by atoms with Crippen LogP contribution in [0.25, 0.3) is 0 Å². The van der Waals surface area contributed by atoms with Crippen LogP contribution in [0.15, 0.2) is 10.9 Å². The van der Waals surface area contributed by atoms with E-state index >= 15 is 0 Å². The van der Waals surface area contributed by atoms with Gasteiger partial charge in [0.15, 0.2) is 0 Å². The SMILES string of the molecule is Cc1cc(C)c(CNC(=O)C23CC4CC(CC(C4)C2)C3)c(=O)[nH]1. The quantitative estimate of drug-likeness (QED) is 0.901. The monoisotopic (exact) mass is 314 g/mol. The van der Waals surface area contributed by atoms with Crippen molar-refractivity contribution in [2.24, 2.45) is 23.2 Å². The lowest BCUT2D eigenvalue weighted by molar-refractivity contribution is -0.146. The largest absolute Gasteiger partial charge is 0.351 e. The van der Waals surface area contributed by atoms with Crippen molar-refractivity contribution >= 4 is 5.91 Å². The van der Waals surface area contributed by atoms with E-state index < -0.39 is 0 Å². The molecule has 4 heteroatoms. The predicted molar refractivity (Wildman–Crippen MR) is 89.0 cm³/mol. The lowest BCUT2D eigenvalue weighted by Crippen LogP contribution is -2.53. The molecule has 1 amide bonds. The van der Waals surface area contributed by atoms with Crippen LogP contribution in [-0.4, -0.2) is 10.9 Å². The van der Waals surface area contributed by atoms with Crippen molar-refractivity contribution in [1.82, 2.24) is 10.3 Å². The molecule has 4 bridgehead atoms. The Morgan fingerprint density at radius 2 is 1.74 bits per heavy atom. The molecule has 0 radical (unpaired) electrons. The lowest BCUT2D eigenvalue weighted by Gasteiger charge is -2.55. The van der Waals surface area contributed by atoms with Gasteiger partial charge in [-0.15, -0.1) is 0 Å². The first-order valence-corrected chi connectivity index (χ1v) is 8.93. The van der Waals surface area contributed by atoms with Crippen molar-refractivity contribution in [2.75, 3.05) is 0 Å². The average molecular weight is 314 g/mol. The van der Waals surface area contributed by atoms with Crippen LogP contribution in [0.1, 0.15) is 55.3 Å². The van der Waals surface area contributed by atoms with E-state index in [1.165, 1.54) is 19.3 Å². The second-order valence-corrected chi connectivity index (χ2v) is 8.32. The number of carbonyl (C=O) groups is 1. The van der Waals surface area contributed by atoms with Crippen molar-refractivity contribution in [3.05, 3.63) is 33.2 Å². The lowest BCUT2D eigenvalue weighted by atomic mass is 9.49. The minimum atomic E-state index is -0.139. The van der Waals surface area contributed by atoms with Gasteiger partial charge in [-0.05, 0) is 81.8 Å². The van der Waals surface area contributed by atoms with E-state index in [9.17, 15) is 9.59 Å². The Morgan fingerprint density at radius 3 is 2.26 bits per heavy atom. The van der Waals surface area contributed by atoms with Crippen molar-refractivity contribution < 1.29 is 4.79 Å². The van der Waals surface area contributed by atoms with Gasteiger partial charge >= 0.3 is 0 Å². The molecule has 1 aromatic rings. The maximum atomic E-state index is 12.9. The molecule has 4 nitrogen and oxygen atoms in total. The summed E-state index contributed by atoms with van der Waals surface area (Å²) in [6, 6.07) is 1.97. The van der Waals surface area contributed by atoms with Crippen molar-refractivity contribution in [3.8, 4) is 0 Å². The minimum Gasteiger partial charge on any atom is -0.351 e. The predicted octanol–water partition coefficient (Wildman–Crippen LogP) is 2.82. The van der Waals surface area contributed by atoms with Gasteiger partial charge in [-0.1, -0.05) is 0 Å². The van der Waals surface area contributed by atoms with Crippen LogP contribution in [0.2, 0.25) is 0 Å². The fraction of sp³-hybridized carbons (Fsp3) is 0.684. The van der Waals surface area contributed by atoms with Crippen molar-refractivity contribution in [3.63, 3.8) is 0 Å². The molecule has 0 spiro atoms. The van der Waals surface area contributed by atoms with E-state index in [-0.39, 0.29) is 16.9 Å².